The molecule has 3 saturated carbocycles. The number of nitrogens with one attached hydrogen (secondary N) is 1. The van der Waals surface area contributed by atoms with E-state index in [0.29, 0.717) is 33.8 Å². The molecule has 288 valence electrons. The zero-order valence-electron chi connectivity index (χ0n) is 33.8. The molecule has 6 heteroatoms. The number of benzene rings is 3. The van der Waals surface area contributed by atoms with Crippen molar-refractivity contribution in [2.75, 3.05) is 0 Å². The van der Waals surface area contributed by atoms with Crippen molar-refractivity contribution in [1.29, 1.82) is 5.41 Å². The second kappa shape index (κ2) is 15.3. The van der Waals surface area contributed by atoms with E-state index in [0.717, 1.165) is 65.8 Å². The highest BCUT2D eigenvalue weighted by molar-refractivity contribution is 6.09. The van der Waals surface area contributed by atoms with Crippen LogP contribution in [0.15, 0.2) is 77.3 Å². The lowest BCUT2D eigenvalue weighted by atomic mass is 9.41. The van der Waals surface area contributed by atoms with Gasteiger partial charge < -0.3 is 14.2 Å². The molecule has 0 bridgehead atoms. The van der Waals surface area contributed by atoms with Crippen LogP contribution in [0.3, 0.4) is 0 Å². The van der Waals surface area contributed by atoms with Crippen LogP contribution in [0, 0.1) is 51.2 Å². The first-order chi connectivity index (χ1) is 25.9. The van der Waals surface area contributed by atoms with Gasteiger partial charge in [-0.05, 0) is 139 Å². The molecule has 3 fully saturated rings. The molecular weight excluding hydrogens is 669 g/mol. The number of nitrogens with zero attached hydrogens (tertiary/aromatic N) is 1. The fourth-order valence-corrected chi connectivity index (χ4v) is 12.2. The minimum Gasteiger partial charge on any atom is -0.439 e. The highest BCUT2D eigenvalue weighted by Crippen LogP contribution is 2.72. The van der Waals surface area contributed by atoms with Crippen molar-refractivity contribution in [2.24, 2.45) is 50.8 Å². The Labute approximate surface area is 323 Å². The van der Waals surface area contributed by atoms with Gasteiger partial charge in [0.15, 0.2) is 0 Å². The van der Waals surface area contributed by atoms with Crippen molar-refractivity contribution in [3.8, 4) is 11.5 Å². The van der Waals surface area contributed by atoms with E-state index in [2.05, 4.69) is 52.6 Å². The Bertz CT molecular complexity index is 1910. The van der Waals surface area contributed by atoms with Gasteiger partial charge in [0.1, 0.15) is 17.6 Å². The molecule has 0 spiro atoms. The maximum atomic E-state index is 13.1. The van der Waals surface area contributed by atoms with E-state index < -0.39 is 6.16 Å². The molecule has 4 aliphatic rings. The molecule has 54 heavy (non-hydrogen) atoms. The summed E-state index contributed by atoms with van der Waals surface area (Å²) in [4.78, 5) is 17.5. The Morgan fingerprint density at radius 1 is 0.852 bits per heavy atom. The normalized spacial score (nSPS) is 31.0. The van der Waals surface area contributed by atoms with E-state index in [-0.39, 0.29) is 17.4 Å². The predicted octanol–water partition coefficient (Wildman–Crippen LogP) is 13.3. The largest absolute Gasteiger partial charge is 0.514 e. The summed E-state index contributed by atoms with van der Waals surface area (Å²) >= 11 is 0. The first-order valence-corrected chi connectivity index (χ1v) is 20.8. The lowest BCUT2D eigenvalue weighted by molar-refractivity contribution is -0.115. The number of fused-ring (bicyclic) bond motifs is 6. The van der Waals surface area contributed by atoms with Crippen LogP contribution >= 0.6 is 0 Å². The SMILES string of the molecule is CC=Nc1cccc2c(C(=N)Oc3ccc(OC(=O)O[C@H]4CC[C@@]5(C)C(=CC[C@@]6(C)[C@@H]7CC[C@H]([C@H](C)CCCC(C)C)[C@@]7(C)CC[C@@H]65)C4)cc3)cccc12. The first-order valence-electron chi connectivity index (χ1n) is 20.8. The zero-order chi connectivity index (χ0) is 38.3. The van der Waals surface area contributed by atoms with Gasteiger partial charge in [-0.1, -0.05) is 96.7 Å². The lowest BCUT2D eigenvalue weighted by Gasteiger charge is -2.63. The molecule has 7 rings (SSSR count). The number of aliphatic imine (C=N–C) groups is 1. The number of hydrogen-bond donors (Lipinski definition) is 1. The van der Waals surface area contributed by atoms with Crippen LogP contribution in [0.4, 0.5) is 10.5 Å². The molecule has 0 saturated heterocycles. The molecule has 8 atom stereocenters. The molecule has 6 nitrogen and oxygen atoms in total. The van der Waals surface area contributed by atoms with Crippen molar-refractivity contribution in [2.45, 2.75) is 125 Å². The Hall–Kier alpha value is -3.93. The quantitative estimate of drug-likeness (QED) is 0.0740. The van der Waals surface area contributed by atoms with E-state index in [1.807, 2.05) is 43.3 Å². The minimum absolute atomic E-state index is 0.0322. The summed E-state index contributed by atoms with van der Waals surface area (Å²) in [6.07, 6.45) is 16.9. The van der Waals surface area contributed by atoms with Gasteiger partial charge in [0.25, 0.3) is 0 Å². The average Bonchev–Trinajstić information content (AvgIpc) is 3.51. The van der Waals surface area contributed by atoms with E-state index in [4.69, 9.17) is 19.6 Å². The fraction of sp³-hybridized carbons (Fsp3) is 0.562. The predicted molar refractivity (Wildman–Crippen MR) is 220 cm³/mol. The van der Waals surface area contributed by atoms with E-state index in [1.54, 1.807) is 30.5 Å². The van der Waals surface area contributed by atoms with Gasteiger partial charge in [0.05, 0.1) is 5.69 Å². The molecule has 3 aromatic rings. The van der Waals surface area contributed by atoms with Gasteiger partial charge >= 0.3 is 6.16 Å². The topological polar surface area (TPSA) is 81.0 Å². The third kappa shape index (κ3) is 7.15. The number of carbonyl (C=O) groups is 1. The molecular formula is C48H62N2O4. The Kier molecular flexibility index (Phi) is 10.9. The standard InChI is InChI=1S/C48H62N2O4/c1-8-50-41-17-11-14-37-38(41)15-10-16-39(37)44(49)52-34-18-20-35(21-19-34)53-45(51)54-36-25-28-46(5)33(30-36)24-27-48(7)42-23-22-40(32(4)13-9-12-31(2)3)47(42,6)29-26-43(46)48/h8,10-11,14-21,24,31-32,36,40,42-43,49H,9,12-13,22-23,25-30H2,1-7H3/t32-,36+,40-,42-,43-,46+,47-,48+/m1/s1. The van der Waals surface area contributed by atoms with Crippen LogP contribution in [0.2, 0.25) is 0 Å². The summed E-state index contributed by atoms with van der Waals surface area (Å²) in [5.41, 5.74) is 3.98. The molecule has 0 radical (unpaired) electrons. The van der Waals surface area contributed by atoms with Crippen molar-refractivity contribution in [3.63, 3.8) is 0 Å². The van der Waals surface area contributed by atoms with Crippen molar-refractivity contribution < 1.29 is 19.0 Å². The fourth-order valence-electron chi connectivity index (χ4n) is 12.2. The number of carbonyl (C=O) groups excluding carboxylic acids is 1. The van der Waals surface area contributed by atoms with Gasteiger partial charge in [-0.3, -0.25) is 10.4 Å². The van der Waals surface area contributed by atoms with Gasteiger partial charge in [0.2, 0.25) is 5.90 Å². The Balaban J connectivity index is 0.947. The molecule has 3 aromatic carbocycles. The van der Waals surface area contributed by atoms with E-state index in [9.17, 15) is 4.79 Å². The molecule has 0 aliphatic heterocycles. The van der Waals surface area contributed by atoms with Crippen LogP contribution in [0.25, 0.3) is 10.8 Å². The second-order valence-electron chi connectivity index (χ2n) is 18.3. The third-order valence-electron chi connectivity index (χ3n) is 14.7. The van der Waals surface area contributed by atoms with Crippen LogP contribution in [0.5, 0.6) is 11.5 Å². The highest BCUT2D eigenvalue weighted by atomic mass is 16.7. The molecule has 1 N–H and O–H groups in total. The highest BCUT2D eigenvalue weighted by Gasteiger charge is 2.64. The van der Waals surface area contributed by atoms with Crippen molar-refractivity contribution in [3.05, 3.63) is 77.9 Å². The zero-order valence-corrected chi connectivity index (χ0v) is 33.8. The summed E-state index contributed by atoms with van der Waals surface area (Å²) in [6.45, 7) is 17.0. The van der Waals surface area contributed by atoms with Crippen LogP contribution in [0.1, 0.15) is 125 Å². The number of rotatable bonds is 10. The molecule has 0 unspecified atom stereocenters. The monoisotopic (exact) mass is 730 g/mol. The molecule has 0 amide bonds. The Morgan fingerprint density at radius 2 is 1.57 bits per heavy atom. The summed E-state index contributed by atoms with van der Waals surface area (Å²) in [5, 5.41) is 10.6. The average molecular weight is 731 g/mol. The van der Waals surface area contributed by atoms with Gasteiger partial charge in [-0.15, -0.1) is 0 Å². The number of allylic oxidation sites excluding steroid dienone is 1. The Morgan fingerprint density at radius 3 is 2.31 bits per heavy atom. The maximum Gasteiger partial charge on any atom is 0.514 e. The first kappa shape index (κ1) is 38.3. The molecule has 0 aromatic heterocycles. The summed E-state index contributed by atoms with van der Waals surface area (Å²) in [6, 6.07) is 18.4. The third-order valence-corrected chi connectivity index (χ3v) is 14.7. The van der Waals surface area contributed by atoms with E-state index in [1.165, 1.54) is 50.5 Å². The lowest BCUT2D eigenvalue weighted by Crippen LogP contribution is -2.56. The van der Waals surface area contributed by atoms with Crippen LogP contribution in [-0.4, -0.2) is 24.4 Å². The van der Waals surface area contributed by atoms with Crippen molar-refractivity contribution >= 4 is 34.7 Å². The number of hydrogen-bond acceptors (Lipinski definition) is 6. The molecule has 4 aliphatic carbocycles. The van der Waals surface area contributed by atoms with Gasteiger partial charge in [-0.2, -0.15) is 0 Å². The van der Waals surface area contributed by atoms with E-state index >= 15 is 0 Å². The van der Waals surface area contributed by atoms with Crippen LogP contribution < -0.4 is 9.47 Å². The second-order valence-corrected chi connectivity index (χ2v) is 18.3. The van der Waals surface area contributed by atoms with Crippen molar-refractivity contribution in [1.82, 2.24) is 0 Å². The number of ether oxygens (including phenoxy) is 3. The molecule has 0 heterocycles. The summed E-state index contributed by atoms with van der Waals surface area (Å²) in [7, 11) is 0. The van der Waals surface area contributed by atoms with Gasteiger partial charge in [0, 0.05) is 23.6 Å². The van der Waals surface area contributed by atoms with Gasteiger partial charge in [-0.25, -0.2) is 4.79 Å². The smallest absolute Gasteiger partial charge is 0.439 e. The van der Waals surface area contributed by atoms with Crippen LogP contribution in [-0.2, 0) is 4.74 Å². The maximum absolute atomic E-state index is 13.1. The minimum atomic E-state index is -0.666. The summed E-state index contributed by atoms with van der Waals surface area (Å²) in [5.74, 6) is 4.83. The summed E-state index contributed by atoms with van der Waals surface area (Å²) < 4.78 is 17.5.